The predicted molar refractivity (Wildman–Crippen MR) is 77.9 cm³/mol. The largest absolute Gasteiger partial charge is 0.485 e. The summed E-state index contributed by atoms with van der Waals surface area (Å²) in [5.74, 6) is -0.515. The summed E-state index contributed by atoms with van der Waals surface area (Å²) in [4.78, 5) is 0.251. The van der Waals surface area contributed by atoms with Crippen LogP contribution in [0.1, 0.15) is 5.56 Å². The summed E-state index contributed by atoms with van der Waals surface area (Å²) in [7, 11) is -3.62. The van der Waals surface area contributed by atoms with E-state index in [1.807, 2.05) is 0 Å². The molecule has 2 N–H and O–H groups in total. The van der Waals surface area contributed by atoms with E-state index in [1.165, 1.54) is 30.3 Å². The highest BCUT2D eigenvalue weighted by Gasteiger charge is 2.30. The lowest BCUT2D eigenvalue weighted by atomic mass is 10.2. The first kappa shape index (κ1) is 13.6. The highest BCUT2D eigenvalue weighted by molar-refractivity contribution is 7.95. The van der Waals surface area contributed by atoms with E-state index in [0.717, 1.165) is 0 Å². The molecule has 1 aliphatic heterocycles. The third-order valence-corrected chi connectivity index (χ3v) is 5.05. The van der Waals surface area contributed by atoms with E-state index in [4.69, 9.17) is 10.5 Å². The van der Waals surface area contributed by atoms with E-state index in [2.05, 4.69) is 0 Å². The summed E-state index contributed by atoms with van der Waals surface area (Å²) in [6, 6.07) is 10.5. The van der Waals surface area contributed by atoms with Gasteiger partial charge in [0.1, 0.15) is 6.61 Å². The molecule has 0 aromatic heterocycles. The number of ether oxygens (including phenoxy) is 1. The zero-order valence-corrected chi connectivity index (χ0v) is 11.7. The van der Waals surface area contributed by atoms with Crippen molar-refractivity contribution in [3.8, 4) is 5.75 Å². The Hall–Kier alpha value is -2.34. The number of para-hydroxylation sites is 1. The minimum Gasteiger partial charge on any atom is -0.485 e. The molecule has 1 heterocycles. The minimum absolute atomic E-state index is 0.0177. The maximum absolute atomic E-state index is 13.5. The highest BCUT2D eigenvalue weighted by atomic mass is 32.2. The van der Waals surface area contributed by atoms with E-state index in [-0.39, 0.29) is 22.2 Å². The standard InChI is InChI=1S/C15H12FNO3S/c16-13-3-1-2-4-14(13)20-9-12-7-10-5-6-11(17)8-15(10)21(12,18)19/h1-8H,9,17H2. The molecule has 0 atom stereocenters. The van der Waals surface area contributed by atoms with Crippen molar-refractivity contribution in [3.63, 3.8) is 0 Å². The molecule has 0 radical (unpaired) electrons. The van der Waals surface area contributed by atoms with Crippen molar-refractivity contribution in [2.45, 2.75) is 4.90 Å². The number of hydrogen-bond donors (Lipinski definition) is 1. The van der Waals surface area contributed by atoms with E-state index in [0.29, 0.717) is 11.3 Å². The summed E-state index contributed by atoms with van der Waals surface area (Å²) in [5.41, 5.74) is 6.56. The Bertz CT molecular complexity index is 844. The summed E-state index contributed by atoms with van der Waals surface area (Å²) in [6.07, 6.45) is 1.52. The van der Waals surface area contributed by atoms with E-state index in [9.17, 15) is 12.8 Å². The molecule has 108 valence electrons. The number of nitrogens with two attached hydrogens (primary N) is 1. The molecular formula is C15H12FNO3S. The van der Waals surface area contributed by atoms with Crippen LogP contribution in [0.15, 0.2) is 52.3 Å². The quantitative estimate of drug-likeness (QED) is 0.885. The van der Waals surface area contributed by atoms with Crippen molar-refractivity contribution in [2.24, 2.45) is 0 Å². The van der Waals surface area contributed by atoms with Crippen LogP contribution in [0.25, 0.3) is 6.08 Å². The van der Waals surface area contributed by atoms with Crippen molar-refractivity contribution in [1.29, 1.82) is 0 Å². The van der Waals surface area contributed by atoms with Gasteiger partial charge in [0.15, 0.2) is 11.6 Å². The fourth-order valence-electron chi connectivity index (χ4n) is 2.13. The molecule has 0 saturated carbocycles. The maximum atomic E-state index is 13.5. The van der Waals surface area contributed by atoms with Gasteiger partial charge in [0.2, 0.25) is 9.84 Å². The number of nitrogen functional groups attached to an aromatic ring is 1. The normalized spacial score (nSPS) is 15.4. The number of halogens is 1. The van der Waals surface area contributed by atoms with Gasteiger partial charge >= 0.3 is 0 Å². The number of benzene rings is 2. The number of sulfone groups is 1. The Morgan fingerprint density at radius 2 is 1.90 bits per heavy atom. The van der Waals surface area contributed by atoms with Gasteiger partial charge in [-0.1, -0.05) is 18.2 Å². The lowest BCUT2D eigenvalue weighted by molar-refractivity contribution is 0.338. The van der Waals surface area contributed by atoms with Crippen molar-refractivity contribution < 1.29 is 17.5 Å². The van der Waals surface area contributed by atoms with Gasteiger partial charge in [-0.05, 0) is 35.9 Å². The molecule has 0 aliphatic carbocycles. The summed E-state index contributed by atoms with van der Waals surface area (Å²) < 4.78 is 43.4. The first-order valence-electron chi connectivity index (χ1n) is 6.21. The van der Waals surface area contributed by atoms with Crippen LogP contribution in [0.5, 0.6) is 5.75 Å². The monoisotopic (exact) mass is 305 g/mol. The van der Waals surface area contributed by atoms with Crippen LogP contribution in [0.4, 0.5) is 10.1 Å². The van der Waals surface area contributed by atoms with Crippen LogP contribution in [0.2, 0.25) is 0 Å². The minimum atomic E-state index is -3.62. The topological polar surface area (TPSA) is 69.4 Å². The Morgan fingerprint density at radius 1 is 1.14 bits per heavy atom. The highest BCUT2D eigenvalue weighted by Crippen LogP contribution is 2.34. The lowest BCUT2D eigenvalue weighted by Gasteiger charge is -2.08. The number of anilines is 1. The van der Waals surface area contributed by atoms with Gasteiger partial charge in [-0.15, -0.1) is 0 Å². The molecule has 0 amide bonds. The first-order chi connectivity index (χ1) is 9.98. The van der Waals surface area contributed by atoms with Crippen molar-refractivity contribution in [2.75, 3.05) is 12.3 Å². The fraction of sp³-hybridized carbons (Fsp3) is 0.0667. The average molecular weight is 305 g/mol. The summed E-state index contributed by atoms with van der Waals surface area (Å²) in [5, 5.41) is 0. The third-order valence-electron chi connectivity index (χ3n) is 3.20. The number of fused-ring (bicyclic) bond motifs is 1. The Morgan fingerprint density at radius 3 is 2.67 bits per heavy atom. The Labute approximate surface area is 121 Å². The van der Waals surface area contributed by atoms with Crippen LogP contribution in [0.3, 0.4) is 0 Å². The van der Waals surface area contributed by atoms with Gasteiger partial charge in [-0.2, -0.15) is 0 Å². The van der Waals surface area contributed by atoms with Crippen LogP contribution in [-0.4, -0.2) is 15.0 Å². The molecule has 6 heteroatoms. The molecule has 0 fully saturated rings. The first-order valence-corrected chi connectivity index (χ1v) is 7.69. The number of hydrogen-bond acceptors (Lipinski definition) is 4. The van der Waals surface area contributed by atoms with Crippen molar-refractivity contribution >= 4 is 21.6 Å². The Balaban J connectivity index is 1.87. The molecule has 0 saturated heterocycles. The lowest BCUT2D eigenvalue weighted by Crippen LogP contribution is -2.09. The average Bonchev–Trinajstić information content (AvgIpc) is 2.69. The van der Waals surface area contributed by atoms with Gasteiger partial charge in [0.05, 0.1) is 9.80 Å². The van der Waals surface area contributed by atoms with E-state index in [1.54, 1.807) is 18.2 Å². The SMILES string of the molecule is Nc1ccc2c(c1)S(=O)(=O)C(COc1ccccc1F)=C2. The van der Waals surface area contributed by atoms with Crippen molar-refractivity contribution in [1.82, 2.24) is 0 Å². The second-order valence-corrected chi connectivity index (χ2v) is 6.60. The van der Waals surface area contributed by atoms with Gasteiger partial charge in [-0.3, -0.25) is 0 Å². The zero-order chi connectivity index (χ0) is 15.0. The number of rotatable bonds is 3. The maximum Gasteiger partial charge on any atom is 0.206 e. The molecular weight excluding hydrogens is 293 g/mol. The van der Waals surface area contributed by atoms with Gasteiger partial charge < -0.3 is 10.5 Å². The van der Waals surface area contributed by atoms with Gasteiger partial charge in [0, 0.05) is 5.69 Å². The molecule has 2 aromatic rings. The molecule has 0 spiro atoms. The third kappa shape index (κ3) is 2.38. The van der Waals surface area contributed by atoms with Crippen LogP contribution in [0, 0.1) is 5.82 Å². The molecule has 2 aromatic carbocycles. The second kappa shape index (κ2) is 4.89. The van der Waals surface area contributed by atoms with Crippen molar-refractivity contribution in [3.05, 3.63) is 58.8 Å². The summed E-state index contributed by atoms with van der Waals surface area (Å²) >= 11 is 0. The zero-order valence-electron chi connectivity index (χ0n) is 10.9. The van der Waals surface area contributed by atoms with Gasteiger partial charge in [0.25, 0.3) is 0 Å². The molecule has 0 bridgehead atoms. The van der Waals surface area contributed by atoms with Crippen LogP contribution >= 0.6 is 0 Å². The smallest absolute Gasteiger partial charge is 0.206 e. The van der Waals surface area contributed by atoms with Crippen LogP contribution in [-0.2, 0) is 9.84 Å². The molecule has 1 aliphatic rings. The second-order valence-electron chi connectivity index (χ2n) is 4.63. The van der Waals surface area contributed by atoms with Crippen LogP contribution < -0.4 is 10.5 Å². The molecule has 21 heavy (non-hydrogen) atoms. The predicted octanol–water partition coefficient (Wildman–Crippen LogP) is 2.62. The van der Waals surface area contributed by atoms with Gasteiger partial charge in [-0.25, -0.2) is 12.8 Å². The summed E-state index contributed by atoms with van der Waals surface area (Å²) in [6.45, 7) is -0.224. The molecule has 0 unspecified atom stereocenters. The van der Waals surface area contributed by atoms with E-state index < -0.39 is 15.7 Å². The molecule has 3 rings (SSSR count). The molecule has 4 nitrogen and oxygen atoms in total. The van der Waals surface area contributed by atoms with E-state index >= 15 is 0 Å². The Kier molecular flexibility index (Phi) is 3.17. The fourth-order valence-corrected chi connectivity index (χ4v) is 3.63.